The summed E-state index contributed by atoms with van der Waals surface area (Å²) in [5, 5.41) is 3.39. The molecule has 0 aliphatic heterocycles. The summed E-state index contributed by atoms with van der Waals surface area (Å²) in [6, 6.07) is 4.68. The summed E-state index contributed by atoms with van der Waals surface area (Å²) in [5.41, 5.74) is 0. The molecule has 2 aromatic rings. The van der Waals surface area contributed by atoms with Gasteiger partial charge in [0.25, 0.3) is 0 Å². The highest BCUT2D eigenvalue weighted by atomic mass is 32.1. The normalized spacial score (nSPS) is 12.6. The van der Waals surface area contributed by atoms with Crippen molar-refractivity contribution in [3.05, 3.63) is 34.3 Å². The molecular formula is C15H23N3OS. The van der Waals surface area contributed by atoms with Gasteiger partial charge in [0.15, 0.2) is 0 Å². The van der Waals surface area contributed by atoms with Crippen molar-refractivity contribution in [2.24, 2.45) is 0 Å². The molecule has 0 spiro atoms. The number of aryl methyl sites for hydroxylation is 1. The van der Waals surface area contributed by atoms with Crippen molar-refractivity contribution in [2.75, 3.05) is 25.1 Å². The summed E-state index contributed by atoms with van der Waals surface area (Å²) in [6.45, 7) is 8.82. The molecule has 0 aliphatic carbocycles. The van der Waals surface area contributed by atoms with E-state index >= 15 is 0 Å². The maximum atomic E-state index is 5.34. The van der Waals surface area contributed by atoms with Crippen LogP contribution in [0.4, 0.5) is 5.95 Å². The second kappa shape index (κ2) is 7.45. The predicted molar refractivity (Wildman–Crippen MR) is 84.7 cm³/mol. The van der Waals surface area contributed by atoms with Crippen molar-refractivity contribution in [3.63, 3.8) is 0 Å². The molecular weight excluding hydrogens is 270 g/mol. The van der Waals surface area contributed by atoms with E-state index in [4.69, 9.17) is 4.74 Å². The summed E-state index contributed by atoms with van der Waals surface area (Å²) in [7, 11) is 0. The molecule has 0 saturated heterocycles. The molecule has 0 fully saturated rings. The van der Waals surface area contributed by atoms with Gasteiger partial charge in [-0.15, -0.1) is 11.3 Å². The van der Waals surface area contributed by atoms with Crippen LogP contribution in [0.25, 0.3) is 0 Å². The van der Waals surface area contributed by atoms with Gasteiger partial charge in [-0.2, -0.15) is 0 Å². The number of nitrogens with one attached hydrogen (secondary N) is 1. The number of thiophene rings is 1. The van der Waals surface area contributed by atoms with Crippen LogP contribution in [-0.2, 0) is 4.74 Å². The lowest BCUT2D eigenvalue weighted by Crippen LogP contribution is -2.13. The highest BCUT2D eigenvalue weighted by molar-refractivity contribution is 7.12. The van der Waals surface area contributed by atoms with E-state index in [0.29, 0.717) is 6.04 Å². The van der Waals surface area contributed by atoms with Gasteiger partial charge in [-0.1, -0.05) is 0 Å². The molecule has 2 rings (SSSR count). The van der Waals surface area contributed by atoms with Crippen LogP contribution in [0.3, 0.4) is 0 Å². The standard InChI is InChI=1S/C15H23N3OS/c1-4-19-11-5-8-16-15-17-9-10-18(15)13(3)14-7-6-12(2)20-14/h6-7,9-10,13H,4-5,8,11H2,1-3H3,(H,16,17). The first kappa shape index (κ1) is 15.1. The van der Waals surface area contributed by atoms with Crippen molar-refractivity contribution < 1.29 is 4.74 Å². The topological polar surface area (TPSA) is 39.1 Å². The van der Waals surface area contributed by atoms with E-state index in [9.17, 15) is 0 Å². The summed E-state index contributed by atoms with van der Waals surface area (Å²) in [4.78, 5) is 7.11. The van der Waals surface area contributed by atoms with Gasteiger partial charge in [0.2, 0.25) is 5.95 Å². The maximum absolute atomic E-state index is 5.34. The van der Waals surface area contributed by atoms with Gasteiger partial charge >= 0.3 is 0 Å². The first-order chi connectivity index (χ1) is 9.72. The molecule has 4 nitrogen and oxygen atoms in total. The summed E-state index contributed by atoms with van der Waals surface area (Å²) >= 11 is 1.84. The van der Waals surface area contributed by atoms with E-state index in [2.05, 4.69) is 40.8 Å². The van der Waals surface area contributed by atoms with Crippen LogP contribution in [0.1, 0.15) is 36.1 Å². The maximum Gasteiger partial charge on any atom is 0.203 e. The molecule has 2 heterocycles. The van der Waals surface area contributed by atoms with Crippen molar-refractivity contribution in [3.8, 4) is 0 Å². The molecule has 0 amide bonds. The Morgan fingerprint density at radius 2 is 2.30 bits per heavy atom. The molecule has 0 aromatic carbocycles. The van der Waals surface area contributed by atoms with Crippen LogP contribution in [0.15, 0.2) is 24.5 Å². The fourth-order valence-corrected chi connectivity index (χ4v) is 3.02. The lowest BCUT2D eigenvalue weighted by atomic mass is 10.2. The van der Waals surface area contributed by atoms with Crippen LogP contribution in [0, 0.1) is 6.92 Å². The Morgan fingerprint density at radius 3 is 3.00 bits per heavy atom. The zero-order chi connectivity index (χ0) is 14.4. The average Bonchev–Trinajstić information content (AvgIpc) is 3.07. The number of anilines is 1. The van der Waals surface area contributed by atoms with E-state index in [0.717, 1.165) is 32.1 Å². The van der Waals surface area contributed by atoms with Crippen molar-refractivity contribution >= 4 is 17.3 Å². The lowest BCUT2D eigenvalue weighted by molar-refractivity contribution is 0.147. The average molecular weight is 293 g/mol. The summed E-state index contributed by atoms with van der Waals surface area (Å²) in [6.07, 6.45) is 4.87. The van der Waals surface area contributed by atoms with Crippen LogP contribution >= 0.6 is 11.3 Å². The molecule has 0 radical (unpaired) electrons. The van der Waals surface area contributed by atoms with Crippen molar-refractivity contribution in [1.82, 2.24) is 9.55 Å². The van der Waals surface area contributed by atoms with Gasteiger partial charge in [0.1, 0.15) is 0 Å². The lowest BCUT2D eigenvalue weighted by Gasteiger charge is -2.15. The van der Waals surface area contributed by atoms with Gasteiger partial charge in [0, 0.05) is 41.9 Å². The zero-order valence-electron chi connectivity index (χ0n) is 12.4. The number of rotatable bonds is 8. The van der Waals surface area contributed by atoms with Gasteiger partial charge in [-0.25, -0.2) is 4.98 Å². The molecule has 0 aliphatic rings. The molecule has 2 aromatic heterocycles. The number of ether oxygens (including phenoxy) is 1. The second-order valence-electron chi connectivity index (χ2n) is 4.76. The third-order valence-electron chi connectivity index (χ3n) is 3.21. The molecule has 110 valence electrons. The highest BCUT2D eigenvalue weighted by Gasteiger charge is 2.13. The van der Waals surface area contributed by atoms with Gasteiger partial charge in [-0.3, -0.25) is 0 Å². The predicted octanol–water partition coefficient (Wildman–Crippen LogP) is 3.70. The molecule has 1 unspecified atom stereocenters. The Morgan fingerprint density at radius 1 is 1.45 bits per heavy atom. The van der Waals surface area contributed by atoms with E-state index in [-0.39, 0.29) is 0 Å². The molecule has 0 saturated carbocycles. The Hall–Kier alpha value is -1.33. The van der Waals surface area contributed by atoms with Crippen LogP contribution in [0.2, 0.25) is 0 Å². The first-order valence-corrected chi connectivity index (χ1v) is 7.94. The smallest absolute Gasteiger partial charge is 0.203 e. The number of imidazole rings is 1. The number of aromatic nitrogens is 2. The number of hydrogen-bond acceptors (Lipinski definition) is 4. The van der Waals surface area contributed by atoms with E-state index in [1.165, 1.54) is 9.75 Å². The van der Waals surface area contributed by atoms with E-state index in [1.54, 1.807) is 0 Å². The largest absolute Gasteiger partial charge is 0.382 e. The summed E-state index contributed by atoms with van der Waals surface area (Å²) < 4.78 is 7.52. The second-order valence-corrected chi connectivity index (χ2v) is 6.08. The fraction of sp³-hybridized carbons (Fsp3) is 0.533. The summed E-state index contributed by atoms with van der Waals surface area (Å²) in [5.74, 6) is 0.931. The van der Waals surface area contributed by atoms with Crippen LogP contribution in [-0.4, -0.2) is 29.3 Å². The van der Waals surface area contributed by atoms with Gasteiger partial charge < -0.3 is 14.6 Å². The SMILES string of the molecule is CCOCCCNc1nccn1C(C)c1ccc(C)s1. The van der Waals surface area contributed by atoms with E-state index in [1.807, 2.05) is 30.7 Å². The minimum atomic E-state index is 0.311. The zero-order valence-corrected chi connectivity index (χ0v) is 13.2. The highest BCUT2D eigenvalue weighted by Crippen LogP contribution is 2.27. The fourth-order valence-electron chi connectivity index (χ4n) is 2.10. The Labute approximate surface area is 124 Å². The molecule has 5 heteroatoms. The Balaban J connectivity index is 1.94. The number of hydrogen-bond donors (Lipinski definition) is 1. The monoisotopic (exact) mass is 293 g/mol. The molecule has 1 N–H and O–H groups in total. The van der Waals surface area contributed by atoms with Crippen LogP contribution < -0.4 is 5.32 Å². The van der Waals surface area contributed by atoms with E-state index < -0.39 is 0 Å². The number of nitrogens with zero attached hydrogens (tertiary/aromatic N) is 2. The molecule has 20 heavy (non-hydrogen) atoms. The third kappa shape index (κ3) is 3.84. The Bertz CT molecular complexity index is 521. The van der Waals surface area contributed by atoms with Crippen molar-refractivity contribution in [2.45, 2.75) is 33.2 Å². The van der Waals surface area contributed by atoms with Crippen molar-refractivity contribution in [1.29, 1.82) is 0 Å². The quantitative estimate of drug-likeness (QED) is 0.754. The minimum absolute atomic E-state index is 0.311. The minimum Gasteiger partial charge on any atom is -0.382 e. The van der Waals surface area contributed by atoms with Crippen LogP contribution in [0.5, 0.6) is 0 Å². The van der Waals surface area contributed by atoms with Gasteiger partial charge in [0.05, 0.1) is 6.04 Å². The first-order valence-electron chi connectivity index (χ1n) is 7.13. The Kier molecular flexibility index (Phi) is 5.61. The van der Waals surface area contributed by atoms with Gasteiger partial charge in [-0.05, 0) is 39.3 Å². The molecule has 0 bridgehead atoms. The molecule has 1 atom stereocenters. The third-order valence-corrected chi connectivity index (χ3v) is 4.38.